The number of benzene rings is 1. The van der Waals surface area contributed by atoms with Gasteiger partial charge >= 0.3 is 0 Å². The van der Waals surface area contributed by atoms with Crippen molar-refractivity contribution in [1.29, 1.82) is 0 Å². The van der Waals surface area contributed by atoms with Gasteiger partial charge in [0.2, 0.25) is 0 Å². The van der Waals surface area contributed by atoms with Crippen LogP contribution in [-0.4, -0.2) is 0 Å². The van der Waals surface area contributed by atoms with Gasteiger partial charge in [-0.25, -0.2) is 0 Å². The Morgan fingerprint density at radius 3 is 2.12 bits per heavy atom. The molecule has 0 bridgehead atoms. The van der Waals surface area contributed by atoms with Crippen LogP contribution in [0.4, 0.5) is 0 Å². The lowest BCUT2D eigenvalue weighted by Crippen LogP contribution is -2.23. The summed E-state index contributed by atoms with van der Waals surface area (Å²) in [4.78, 5) is 0. The average Bonchev–Trinajstić information content (AvgIpc) is 2.13. The zero-order valence-corrected chi connectivity index (χ0v) is 12.6. The first kappa shape index (κ1) is 14.6. The predicted octanol–water partition coefficient (Wildman–Crippen LogP) is 5.43. The molecule has 0 radical (unpaired) electrons. The van der Waals surface area contributed by atoms with Crippen molar-refractivity contribution < 1.29 is 0 Å². The zero-order valence-electron chi connectivity index (χ0n) is 11.8. The van der Waals surface area contributed by atoms with Crippen LogP contribution in [0.5, 0.6) is 0 Å². The van der Waals surface area contributed by atoms with Crippen LogP contribution in [0.2, 0.25) is 0 Å². The summed E-state index contributed by atoms with van der Waals surface area (Å²) in [6.07, 6.45) is 2.35. The van der Waals surface area contributed by atoms with Crippen LogP contribution in [0.15, 0.2) is 24.3 Å². The second-order valence-electron chi connectivity index (χ2n) is 7.03. The molecule has 0 atom stereocenters. The summed E-state index contributed by atoms with van der Waals surface area (Å²) in [6, 6.07) is 8.64. The third-order valence-corrected chi connectivity index (χ3v) is 3.15. The van der Waals surface area contributed by atoms with Crippen molar-refractivity contribution in [2.75, 3.05) is 0 Å². The summed E-state index contributed by atoms with van der Waals surface area (Å²) in [6.45, 7) is 11.6. The molecule has 0 amide bonds. The van der Waals surface area contributed by atoms with Crippen molar-refractivity contribution in [3.05, 3.63) is 35.4 Å². The quantitative estimate of drug-likeness (QED) is 0.627. The number of halogens is 1. The fourth-order valence-electron chi connectivity index (χ4n) is 2.87. The van der Waals surface area contributed by atoms with E-state index in [9.17, 15) is 0 Å². The molecule has 1 aromatic carbocycles. The van der Waals surface area contributed by atoms with Gasteiger partial charge in [0.1, 0.15) is 0 Å². The van der Waals surface area contributed by atoms with Crippen molar-refractivity contribution in [1.82, 2.24) is 0 Å². The van der Waals surface area contributed by atoms with E-state index in [0.717, 1.165) is 6.42 Å². The van der Waals surface area contributed by atoms with Crippen LogP contribution in [0.25, 0.3) is 0 Å². The summed E-state index contributed by atoms with van der Waals surface area (Å²) in [7, 11) is 0. The van der Waals surface area contributed by atoms with E-state index in [0.29, 0.717) is 16.7 Å². The van der Waals surface area contributed by atoms with Gasteiger partial charge in [0.15, 0.2) is 0 Å². The standard InChI is InChI=1S/C16H25Cl/c1-15(2,3)12-16(4,5)10-13-7-6-8-14(9-13)11-17/h6-9H,10-12H2,1-5H3. The normalized spacial score (nSPS) is 12.8. The number of hydrogen-bond donors (Lipinski definition) is 0. The molecule has 0 saturated heterocycles. The maximum Gasteiger partial charge on any atom is 0.0474 e. The highest BCUT2D eigenvalue weighted by atomic mass is 35.5. The van der Waals surface area contributed by atoms with E-state index >= 15 is 0 Å². The molecule has 0 aliphatic heterocycles. The Morgan fingerprint density at radius 1 is 1.00 bits per heavy atom. The lowest BCUT2D eigenvalue weighted by molar-refractivity contribution is 0.211. The molecule has 0 spiro atoms. The van der Waals surface area contributed by atoms with Gasteiger partial charge in [-0.05, 0) is 34.8 Å². The first-order valence-corrected chi connectivity index (χ1v) is 6.89. The molecule has 1 heteroatoms. The molecule has 0 fully saturated rings. The molecular formula is C16H25Cl. The second kappa shape index (κ2) is 5.44. The Kier molecular flexibility index (Phi) is 4.66. The van der Waals surface area contributed by atoms with Crippen LogP contribution in [0.3, 0.4) is 0 Å². The van der Waals surface area contributed by atoms with Crippen LogP contribution >= 0.6 is 11.6 Å². The minimum Gasteiger partial charge on any atom is -0.122 e. The van der Waals surface area contributed by atoms with Gasteiger partial charge in [-0.1, -0.05) is 58.9 Å². The SMILES string of the molecule is CC(C)(C)CC(C)(C)Cc1cccc(CCl)c1. The third kappa shape index (κ3) is 5.59. The van der Waals surface area contributed by atoms with Crippen molar-refractivity contribution in [3.63, 3.8) is 0 Å². The van der Waals surface area contributed by atoms with Gasteiger partial charge < -0.3 is 0 Å². The molecule has 0 aromatic heterocycles. The van der Waals surface area contributed by atoms with E-state index in [1.165, 1.54) is 17.5 Å². The van der Waals surface area contributed by atoms with Crippen molar-refractivity contribution >= 4 is 11.6 Å². The van der Waals surface area contributed by atoms with Gasteiger partial charge in [0.05, 0.1) is 0 Å². The van der Waals surface area contributed by atoms with Gasteiger partial charge in [-0.3, -0.25) is 0 Å². The average molecular weight is 253 g/mol. The maximum absolute atomic E-state index is 5.88. The maximum atomic E-state index is 5.88. The monoisotopic (exact) mass is 252 g/mol. The largest absolute Gasteiger partial charge is 0.122 e. The summed E-state index contributed by atoms with van der Waals surface area (Å²) in [5.74, 6) is 0.605. The first-order chi connectivity index (χ1) is 7.72. The number of alkyl halides is 1. The molecule has 0 saturated carbocycles. The fraction of sp³-hybridized carbons (Fsp3) is 0.625. The molecule has 1 rings (SSSR count). The van der Waals surface area contributed by atoms with E-state index in [4.69, 9.17) is 11.6 Å². The number of rotatable bonds is 4. The summed E-state index contributed by atoms with van der Waals surface area (Å²) in [5.41, 5.74) is 3.34. The minimum atomic E-state index is 0.336. The lowest BCUT2D eigenvalue weighted by Gasteiger charge is -2.32. The molecular weight excluding hydrogens is 228 g/mol. The highest BCUT2D eigenvalue weighted by molar-refractivity contribution is 6.17. The van der Waals surface area contributed by atoms with E-state index in [1.54, 1.807) is 0 Å². The molecule has 0 aliphatic carbocycles. The molecule has 0 aliphatic rings. The molecule has 1 aromatic rings. The van der Waals surface area contributed by atoms with E-state index in [1.807, 2.05) is 0 Å². The van der Waals surface area contributed by atoms with E-state index in [2.05, 4.69) is 58.9 Å². The Balaban J connectivity index is 2.75. The summed E-state index contributed by atoms with van der Waals surface area (Å²) >= 11 is 5.88. The van der Waals surface area contributed by atoms with Crippen molar-refractivity contribution in [3.8, 4) is 0 Å². The van der Waals surface area contributed by atoms with Crippen LogP contribution in [-0.2, 0) is 12.3 Å². The fourth-order valence-corrected chi connectivity index (χ4v) is 3.04. The smallest absolute Gasteiger partial charge is 0.0474 e. The van der Waals surface area contributed by atoms with Crippen molar-refractivity contribution in [2.24, 2.45) is 10.8 Å². The topological polar surface area (TPSA) is 0 Å². The van der Waals surface area contributed by atoms with E-state index in [-0.39, 0.29) is 0 Å². The number of hydrogen-bond acceptors (Lipinski definition) is 0. The van der Waals surface area contributed by atoms with Crippen LogP contribution in [0.1, 0.15) is 52.2 Å². The van der Waals surface area contributed by atoms with Crippen LogP contribution in [0, 0.1) is 10.8 Å². The van der Waals surface area contributed by atoms with E-state index < -0.39 is 0 Å². The molecule has 0 heterocycles. The summed E-state index contributed by atoms with van der Waals surface area (Å²) in [5, 5.41) is 0. The first-order valence-electron chi connectivity index (χ1n) is 6.36. The van der Waals surface area contributed by atoms with Gasteiger partial charge in [-0.15, -0.1) is 11.6 Å². The Bertz CT molecular complexity index is 358. The molecule has 0 unspecified atom stereocenters. The summed E-state index contributed by atoms with van der Waals surface area (Å²) < 4.78 is 0. The minimum absolute atomic E-state index is 0.336. The highest BCUT2D eigenvalue weighted by Gasteiger charge is 2.25. The molecule has 0 nitrogen and oxygen atoms in total. The second-order valence-corrected chi connectivity index (χ2v) is 7.30. The van der Waals surface area contributed by atoms with Crippen molar-refractivity contribution in [2.45, 2.75) is 53.3 Å². The van der Waals surface area contributed by atoms with Gasteiger partial charge in [-0.2, -0.15) is 0 Å². The molecule has 96 valence electrons. The Morgan fingerprint density at radius 2 is 1.59 bits per heavy atom. The zero-order chi connectivity index (χ0) is 13.1. The van der Waals surface area contributed by atoms with Gasteiger partial charge in [0, 0.05) is 5.88 Å². The Labute approximate surface area is 111 Å². The predicted molar refractivity (Wildman–Crippen MR) is 77.6 cm³/mol. The molecule has 17 heavy (non-hydrogen) atoms. The molecule has 0 N–H and O–H groups in total. The lowest BCUT2D eigenvalue weighted by atomic mass is 9.73. The van der Waals surface area contributed by atoms with Crippen LogP contribution < -0.4 is 0 Å². The third-order valence-electron chi connectivity index (χ3n) is 2.84. The Hall–Kier alpha value is -0.490. The highest BCUT2D eigenvalue weighted by Crippen LogP contribution is 2.35. The van der Waals surface area contributed by atoms with Gasteiger partial charge in [0.25, 0.3) is 0 Å².